The van der Waals surface area contributed by atoms with Crippen molar-refractivity contribution < 1.29 is 16.4 Å². The molecule has 0 spiro atoms. The zero-order chi connectivity index (χ0) is 22.1. The second kappa shape index (κ2) is 15.4. The summed E-state index contributed by atoms with van der Waals surface area (Å²) >= 11 is 1.64. The lowest BCUT2D eigenvalue weighted by Crippen LogP contribution is -2.21. The fourth-order valence-electron chi connectivity index (χ4n) is 4.37. The Balaban J connectivity index is 0. The zero-order valence-electron chi connectivity index (χ0n) is 20.3. The van der Waals surface area contributed by atoms with Crippen LogP contribution in [0.3, 0.4) is 0 Å². The average Bonchev–Trinajstić information content (AvgIpc) is 3.10. The van der Waals surface area contributed by atoms with Crippen molar-refractivity contribution in [1.82, 2.24) is 4.98 Å². The smallest absolute Gasteiger partial charge is 0.306 e. The number of aromatic nitrogens is 1. The van der Waals surface area contributed by atoms with Crippen LogP contribution >= 0.6 is 11.3 Å². The Hall–Kier alpha value is -1.46. The highest BCUT2D eigenvalue weighted by molar-refractivity contribution is 7.09. The minimum absolute atomic E-state index is 0. The highest BCUT2D eigenvalue weighted by Crippen LogP contribution is 2.31. The summed E-state index contributed by atoms with van der Waals surface area (Å²) in [6, 6.07) is 0. The van der Waals surface area contributed by atoms with E-state index in [1.807, 2.05) is 13.8 Å². The van der Waals surface area contributed by atoms with E-state index < -0.39 is 0 Å². The Morgan fingerprint density at radius 3 is 2.56 bits per heavy atom. The number of hydrogen-bond acceptors (Lipinski definition) is 4. The predicted octanol–water partition coefficient (Wildman–Crippen LogP) is 7.67. The van der Waals surface area contributed by atoms with Gasteiger partial charge in [-0.2, -0.15) is 0 Å². The van der Waals surface area contributed by atoms with Gasteiger partial charge in [0.1, 0.15) is 6.10 Å². The second-order valence-electron chi connectivity index (χ2n) is 9.49. The van der Waals surface area contributed by atoms with Crippen molar-refractivity contribution in [2.24, 2.45) is 23.7 Å². The van der Waals surface area contributed by atoms with Gasteiger partial charge in [-0.05, 0) is 74.9 Å². The van der Waals surface area contributed by atoms with Crippen LogP contribution in [-0.4, -0.2) is 22.5 Å². The summed E-state index contributed by atoms with van der Waals surface area (Å²) in [7, 11) is 0. The van der Waals surface area contributed by atoms with Crippen LogP contribution in [0.15, 0.2) is 23.1 Å². The number of hydrogen-bond donors (Lipinski definition) is 0. The van der Waals surface area contributed by atoms with Gasteiger partial charge in [-0.3, -0.25) is 4.79 Å². The SMILES string of the molecule is C.C/C(=C\c1csc(C)n1)C1C/C=C\CCC[C@H](C)[C@H](C)[C@@H](C)C[C@H](C)CCC(=O)O1.O.[HH]. The maximum atomic E-state index is 12.6. The number of esters is 1. The molecule has 1 unspecified atom stereocenters. The maximum Gasteiger partial charge on any atom is 0.306 e. The molecule has 0 aromatic carbocycles. The van der Waals surface area contributed by atoms with Gasteiger partial charge in [-0.25, -0.2) is 4.98 Å². The van der Waals surface area contributed by atoms with Gasteiger partial charge >= 0.3 is 5.97 Å². The molecule has 4 nitrogen and oxygen atoms in total. The number of carbonyl (C=O) groups excluding carboxylic acids is 1. The van der Waals surface area contributed by atoms with Gasteiger partial charge in [0.2, 0.25) is 0 Å². The van der Waals surface area contributed by atoms with Gasteiger partial charge in [0, 0.05) is 19.6 Å². The van der Waals surface area contributed by atoms with Crippen LogP contribution < -0.4 is 0 Å². The molecule has 0 radical (unpaired) electrons. The van der Waals surface area contributed by atoms with Gasteiger partial charge in [0.25, 0.3) is 0 Å². The van der Waals surface area contributed by atoms with E-state index in [4.69, 9.17) is 4.74 Å². The number of allylic oxidation sites excluding steroid dienone is 1. The number of nitrogens with zero attached hydrogens (tertiary/aromatic N) is 1. The second-order valence-corrected chi connectivity index (χ2v) is 10.6. The fourth-order valence-corrected chi connectivity index (χ4v) is 4.94. The van der Waals surface area contributed by atoms with Crippen LogP contribution in [0.4, 0.5) is 0 Å². The third-order valence-electron chi connectivity index (χ3n) is 6.75. The minimum Gasteiger partial charge on any atom is -0.457 e. The first-order valence-corrected chi connectivity index (χ1v) is 12.6. The van der Waals surface area contributed by atoms with Crippen molar-refractivity contribution in [2.75, 3.05) is 0 Å². The monoisotopic (exact) mass is 467 g/mol. The molecule has 0 saturated heterocycles. The van der Waals surface area contributed by atoms with Crippen molar-refractivity contribution in [3.63, 3.8) is 0 Å². The van der Waals surface area contributed by atoms with Crippen LogP contribution in [0.25, 0.3) is 6.08 Å². The topological polar surface area (TPSA) is 70.7 Å². The standard InChI is InChI=1S/C26H41NO2S.CH4.H2O.H2/c1-18-13-14-26(28)29-25(21(4)16-24-17-30-23(6)27-24)12-10-8-7-9-11-19(2)22(5)20(3)15-18;;;/h8,10,16-20,22,25H,7,9,11-15H2,1-6H3;1H4;1H2;1H/b10-8-,21-16+;;;/t18-,19+,20+,22+,25?;;;/m1.../s1. The van der Waals surface area contributed by atoms with E-state index in [9.17, 15) is 4.79 Å². The van der Waals surface area contributed by atoms with Crippen LogP contribution in [0.2, 0.25) is 0 Å². The quantitative estimate of drug-likeness (QED) is 0.331. The number of cyclic esters (lactones) is 1. The Kier molecular flexibility index (Phi) is 14.7. The Morgan fingerprint density at radius 2 is 1.91 bits per heavy atom. The third kappa shape index (κ3) is 10.4. The molecule has 0 bridgehead atoms. The van der Waals surface area contributed by atoms with Gasteiger partial charge in [-0.15, -0.1) is 11.3 Å². The summed E-state index contributed by atoms with van der Waals surface area (Å²) in [5.41, 5.74) is 2.01. The van der Waals surface area contributed by atoms with Gasteiger partial charge in [-0.1, -0.05) is 53.7 Å². The first-order chi connectivity index (χ1) is 14.3. The van der Waals surface area contributed by atoms with Gasteiger partial charge in [0.05, 0.1) is 10.7 Å². The first-order valence-electron chi connectivity index (χ1n) is 11.7. The van der Waals surface area contributed by atoms with E-state index in [1.54, 1.807) is 11.3 Å². The molecule has 1 aromatic rings. The van der Waals surface area contributed by atoms with Crippen molar-refractivity contribution in [3.8, 4) is 0 Å². The van der Waals surface area contributed by atoms with Crippen molar-refractivity contribution in [2.45, 2.75) is 100 Å². The lowest BCUT2D eigenvalue weighted by atomic mass is 9.78. The molecule has 1 aliphatic heterocycles. The lowest BCUT2D eigenvalue weighted by molar-refractivity contribution is -0.147. The predicted molar refractivity (Wildman–Crippen MR) is 141 cm³/mol. The van der Waals surface area contributed by atoms with E-state index >= 15 is 0 Å². The highest BCUT2D eigenvalue weighted by Gasteiger charge is 2.22. The molecule has 0 saturated carbocycles. The van der Waals surface area contributed by atoms with E-state index in [-0.39, 0.29) is 26.4 Å². The van der Waals surface area contributed by atoms with Crippen molar-refractivity contribution in [3.05, 3.63) is 33.8 Å². The number of carbonyl (C=O) groups is 1. The molecular formula is C27H49NO3S. The summed E-state index contributed by atoms with van der Waals surface area (Å²) in [4.78, 5) is 17.1. The zero-order valence-corrected chi connectivity index (χ0v) is 21.1. The lowest BCUT2D eigenvalue weighted by Gasteiger charge is -2.28. The molecule has 1 aromatic heterocycles. The van der Waals surface area contributed by atoms with E-state index in [2.05, 4.69) is 56.3 Å². The van der Waals surface area contributed by atoms with E-state index in [1.165, 1.54) is 19.3 Å². The average molecular weight is 468 g/mol. The van der Waals surface area contributed by atoms with Crippen molar-refractivity contribution >= 4 is 23.4 Å². The molecule has 186 valence electrons. The molecule has 5 heteroatoms. The molecule has 0 fully saturated rings. The van der Waals surface area contributed by atoms with Crippen LogP contribution in [0.1, 0.15) is 99.1 Å². The summed E-state index contributed by atoms with van der Waals surface area (Å²) in [5, 5.41) is 3.10. The van der Waals surface area contributed by atoms with Crippen LogP contribution in [0, 0.1) is 30.6 Å². The molecule has 32 heavy (non-hydrogen) atoms. The Labute approximate surface area is 202 Å². The number of rotatable bonds is 2. The van der Waals surface area contributed by atoms with Crippen LogP contribution in [-0.2, 0) is 9.53 Å². The van der Waals surface area contributed by atoms with Crippen molar-refractivity contribution in [1.29, 1.82) is 0 Å². The molecular weight excluding hydrogens is 418 g/mol. The third-order valence-corrected chi connectivity index (χ3v) is 7.54. The molecule has 5 atom stereocenters. The Morgan fingerprint density at radius 1 is 1.19 bits per heavy atom. The summed E-state index contributed by atoms with van der Waals surface area (Å²) < 4.78 is 5.92. The summed E-state index contributed by atoms with van der Waals surface area (Å²) in [6.45, 7) is 13.5. The Bertz CT molecular complexity index is 731. The molecule has 2 rings (SSSR count). The summed E-state index contributed by atoms with van der Waals surface area (Å²) in [5.74, 6) is 2.63. The van der Waals surface area contributed by atoms with Crippen LogP contribution in [0.5, 0.6) is 0 Å². The number of aryl methyl sites for hydroxylation is 1. The largest absolute Gasteiger partial charge is 0.457 e. The number of ether oxygens (including phenoxy) is 1. The number of thiazole rings is 1. The van der Waals surface area contributed by atoms with Gasteiger partial charge in [0.15, 0.2) is 0 Å². The molecule has 1 aliphatic rings. The highest BCUT2D eigenvalue weighted by atomic mass is 32.1. The molecule has 2 N–H and O–H groups in total. The molecule has 0 aliphatic carbocycles. The maximum absolute atomic E-state index is 12.6. The van der Waals surface area contributed by atoms with E-state index in [0.29, 0.717) is 18.3 Å². The molecule has 0 amide bonds. The van der Waals surface area contributed by atoms with E-state index in [0.717, 1.165) is 47.4 Å². The normalized spacial score (nSPS) is 29.9. The minimum atomic E-state index is -0.211. The summed E-state index contributed by atoms with van der Waals surface area (Å²) in [6.07, 6.45) is 13.2. The first kappa shape index (κ1) is 30.5. The molecule has 2 heterocycles. The van der Waals surface area contributed by atoms with Gasteiger partial charge < -0.3 is 10.2 Å². The fraction of sp³-hybridized carbons (Fsp3) is 0.704.